The Bertz CT molecular complexity index is 260. The third kappa shape index (κ3) is 4.94. The highest BCUT2D eigenvalue weighted by Crippen LogP contribution is 2.47. The third-order valence-corrected chi connectivity index (χ3v) is 3.85. The van der Waals surface area contributed by atoms with Crippen molar-refractivity contribution in [2.24, 2.45) is 10.8 Å². The lowest BCUT2D eigenvalue weighted by molar-refractivity contribution is 0.200. The minimum absolute atomic E-state index is 0.0475. The van der Waals surface area contributed by atoms with Crippen LogP contribution in [0.4, 0.5) is 4.79 Å². The van der Waals surface area contributed by atoms with Crippen LogP contribution in [0, 0.1) is 10.8 Å². The molecule has 1 saturated carbocycles. The quantitative estimate of drug-likeness (QED) is 0.638. The summed E-state index contributed by atoms with van der Waals surface area (Å²) in [6.45, 7) is 7.80. The van der Waals surface area contributed by atoms with Crippen LogP contribution in [0.1, 0.15) is 46.5 Å². The molecular weight excluding hydrogens is 216 g/mol. The molecule has 4 heteroatoms. The zero-order valence-corrected chi connectivity index (χ0v) is 11.3. The largest absolute Gasteiger partial charge is 0.396 e. The molecule has 17 heavy (non-hydrogen) atoms. The van der Waals surface area contributed by atoms with Gasteiger partial charge in [-0.1, -0.05) is 20.8 Å². The number of nitrogens with one attached hydrogen (secondary N) is 2. The van der Waals surface area contributed by atoms with Crippen LogP contribution in [-0.2, 0) is 0 Å². The second-order valence-corrected chi connectivity index (χ2v) is 6.03. The summed E-state index contributed by atoms with van der Waals surface area (Å²) in [5.41, 5.74) is 0.339. The Labute approximate surface area is 104 Å². The normalized spacial score (nSPS) is 17.6. The van der Waals surface area contributed by atoms with Crippen molar-refractivity contribution in [2.45, 2.75) is 46.5 Å². The molecule has 0 aromatic heterocycles. The Morgan fingerprint density at radius 3 is 2.47 bits per heavy atom. The fourth-order valence-electron chi connectivity index (χ4n) is 1.87. The molecule has 0 heterocycles. The average molecular weight is 242 g/mol. The molecule has 1 aliphatic rings. The van der Waals surface area contributed by atoms with Crippen molar-refractivity contribution < 1.29 is 9.90 Å². The van der Waals surface area contributed by atoms with Gasteiger partial charge in [-0.25, -0.2) is 4.79 Å². The second kappa shape index (κ2) is 5.71. The van der Waals surface area contributed by atoms with Gasteiger partial charge >= 0.3 is 6.03 Å². The molecule has 0 radical (unpaired) electrons. The number of amides is 2. The van der Waals surface area contributed by atoms with E-state index in [2.05, 4.69) is 17.6 Å². The third-order valence-electron chi connectivity index (χ3n) is 3.85. The standard InChI is InChI=1S/C13H26N2O2/c1-4-13(5-6-13)10-15-11(17)14-9-12(2,3)7-8-16/h16H,4-10H2,1-3H3,(H2,14,15,17). The summed E-state index contributed by atoms with van der Waals surface area (Å²) in [7, 11) is 0. The fraction of sp³-hybridized carbons (Fsp3) is 0.923. The molecule has 2 amide bonds. The smallest absolute Gasteiger partial charge is 0.314 e. The van der Waals surface area contributed by atoms with Crippen molar-refractivity contribution in [3.63, 3.8) is 0 Å². The number of hydrogen-bond acceptors (Lipinski definition) is 2. The van der Waals surface area contributed by atoms with Gasteiger partial charge in [-0.3, -0.25) is 0 Å². The Balaban J connectivity index is 2.17. The first-order valence-electron chi connectivity index (χ1n) is 6.56. The van der Waals surface area contributed by atoms with Crippen LogP contribution < -0.4 is 10.6 Å². The number of aliphatic hydroxyl groups is 1. The van der Waals surface area contributed by atoms with Gasteiger partial charge in [-0.15, -0.1) is 0 Å². The van der Waals surface area contributed by atoms with Crippen LogP contribution in [0.15, 0.2) is 0 Å². The zero-order valence-electron chi connectivity index (χ0n) is 11.3. The predicted molar refractivity (Wildman–Crippen MR) is 68.8 cm³/mol. The first-order valence-corrected chi connectivity index (χ1v) is 6.56. The minimum atomic E-state index is -0.0873. The molecular formula is C13H26N2O2. The van der Waals surface area contributed by atoms with Gasteiger partial charge in [-0.05, 0) is 36.5 Å². The van der Waals surface area contributed by atoms with Crippen molar-refractivity contribution >= 4 is 6.03 Å². The number of rotatable bonds is 7. The zero-order chi connectivity index (χ0) is 12.9. The Hall–Kier alpha value is -0.770. The molecule has 0 bridgehead atoms. The molecule has 0 saturated heterocycles. The average Bonchev–Trinajstić information content (AvgIpc) is 3.04. The van der Waals surface area contributed by atoms with E-state index in [1.165, 1.54) is 12.8 Å². The topological polar surface area (TPSA) is 61.4 Å². The van der Waals surface area contributed by atoms with Crippen molar-refractivity contribution in [3.05, 3.63) is 0 Å². The molecule has 0 aromatic carbocycles. The molecule has 1 rings (SSSR count). The van der Waals surface area contributed by atoms with E-state index in [1.807, 2.05) is 13.8 Å². The van der Waals surface area contributed by atoms with Crippen molar-refractivity contribution in [1.82, 2.24) is 10.6 Å². The highest BCUT2D eigenvalue weighted by atomic mass is 16.3. The predicted octanol–water partition coefficient (Wildman–Crippen LogP) is 1.88. The maximum atomic E-state index is 11.6. The highest BCUT2D eigenvalue weighted by molar-refractivity contribution is 5.73. The summed E-state index contributed by atoms with van der Waals surface area (Å²) < 4.78 is 0. The molecule has 0 atom stereocenters. The summed E-state index contributed by atoms with van der Waals surface area (Å²) in [6.07, 6.45) is 4.31. The van der Waals surface area contributed by atoms with E-state index in [0.717, 1.165) is 13.0 Å². The number of aliphatic hydroxyl groups excluding tert-OH is 1. The summed E-state index contributed by atoms with van der Waals surface area (Å²) in [5, 5.41) is 14.7. The first kappa shape index (κ1) is 14.3. The molecule has 100 valence electrons. The van der Waals surface area contributed by atoms with Gasteiger partial charge < -0.3 is 15.7 Å². The minimum Gasteiger partial charge on any atom is -0.396 e. The van der Waals surface area contributed by atoms with Crippen LogP contribution in [0.3, 0.4) is 0 Å². The maximum absolute atomic E-state index is 11.6. The van der Waals surface area contributed by atoms with E-state index in [-0.39, 0.29) is 18.1 Å². The number of carbonyl (C=O) groups is 1. The Morgan fingerprint density at radius 2 is 2.00 bits per heavy atom. The Kier molecular flexibility index (Phi) is 4.80. The molecule has 0 spiro atoms. The van der Waals surface area contributed by atoms with Gasteiger partial charge in [0.15, 0.2) is 0 Å². The second-order valence-electron chi connectivity index (χ2n) is 6.03. The van der Waals surface area contributed by atoms with Crippen LogP contribution in [-0.4, -0.2) is 30.8 Å². The molecule has 4 nitrogen and oxygen atoms in total. The monoisotopic (exact) mass is 242 g/mol. The van der Waals surface area contributed by atoms with Crippen LogP contribution in [0.25, 0.3) is 0 Å². The van der Waals surface area contributed by atoms with Crippen molar-refractivity contribution in [1.29, 1.82) is 0 Å². The summed E-state index contributed by atoms with van der Waals surface area (Å²) in [6, 6.07) is -0.0873. The summed E-state index contributed by atoms with van der Waals surface area (Å²) in [4.78, 5) is 11.6. The number of carbonyl (C=O) groups excluding carboxylic acids is 1. The molecule has 1 fully saturated rings. The number of urea groups is 1. The number of hydrogen-bond donors (Lipinski definition) is 3. The van der Waals surface area contributed by atoms with Crippen LogP contribution in [0.5, 0.6) is 0 Å². The van der Waals surface area contributed by atoms with Crippen LogP contribution in [0.2, 0.25) is 0 Å². The van der Waals surface area contributed by atoms with E-state index in [9.17, 15) is 4.79 Å². The molecule has 0 aromatic rings. The molecule has 0 aliphatic heterocycles. The fourth-order valence-corrected chi connectivity index (χ4v) is 1.87. The lowest BCUT2D eigenvalue weighted by Crippen LogP contribution is -2.42. The van der Waals surface area contributed by atoms with Gasteiger partial charge in [0.2, 0.25) is 0 Å². The summed E-state index contributed by atoms with van der Waals surface area (Å²) in [5.74, 6) is 0. The highest BCUT2D eigenvalue weighted by Gasteiger charge is 2.40. The lowest BCUT2D eigenvalue weighted by Gasteiger charge is -2.24. The molecule has 3 N–H and O–H groups in total. The van der Waals surface area contributed by atoms with Gasteiger partial charge in [0.25, 0.3) is 0 Å². The van der Waals surface area contributed by atoms with E-state index >= 15 is 0 Å². The lowest BCUT2D eigenvalue weighted by atomic mass is 9.90. The Morgan fingerprint density at radius 1 is 1.35 bits per heavy atom. The van der Waals surface area contributed by atoms with E-state index in [0.29, 0.717) is 18.4 Å². The molecule has 1 aliphatic carbocycles. The van der Waals surface area contributed by atoms with Gasteiger partial charge in [0, 0.05) is 19.7 Å². The maximum Gasteiger partial charge on any atom is 0.314 e. The van der Waals surface area contributed by atoms with Gasteiger partial charge in [-0.2, -0.15) is 0 Å². The summed E-state index contributed by atoms with van der Waals surface area (Å²) >= 11 is 0. The first-order chi connectivity index (χ1) is 7.93. The van der Waals surface area contributed by atoms with Crippen molar-refractivity contribution in [3.8, 4) is 0 Å². The van der Waals surface area contributed by atoms with Gasteiger partial charge in [0.05, 0.1) is 0 Å². The van der Waals surface area contributed by atoms with E-state index in [1.54, 1.807) is 0 Å². The SMILES string of the molecule is CCC1(CNC(=O)NCC(C)(C)CCO)CC1. The van der Waals surface area contributed by atoms with Gasteiger partial charge in [0.1, 0.15) is 0 Å². The molecule has 0 unspecified atom stereocenters. The van der Waals surface area contributed by atoms with Crippen LogP contribution >= 0.6 is 0 Å². The van der Waals surface area contributed by atoms with E-state index in [4.69, 9.17) is 5.11 Å². The van der Waals surface area contributed by atoms with E-state index < -0.39 is 0 Å². The van der Waals surface area contributed by atoms with Crippen molar-refractivity contribution in [2.75, 3.05) is 19.7 Å².